The van der Waals surface area contributed by atoms with E-state index in [-0.39, 0.29) is 16.9 Å². The third-order valence-corrected chi connectivity index (χ3v) is 5.27. The van der Waals surface area contributed by atoms with Gasteiger partial charge in [0.2, 0.25) is 0 Å². The molecule has 0 aromatic carbocycles. The molecule has 3 nitrogen and oxygen atoms in total. The SMILES string of the molecule is CON1C(C)(C)C(C)C(CC(C)=O)C(C)C1(C)C. The van der Waals surface area contributed by atoms with E-state index in [1.165, 1.54) is 0 Å². The standard InChI is InChI=1S/C15H29NO2/c1-10(17)9-13-11(2)14(4,5)16(18-8)15(6,7)12(13)3/h11-13H,9H2,1-8H3. The fraction of sp³-hybridized carbons (Fsp3) is 0.933. The van der Waals surface area contributed by atoms with Crippen molar-refractivity contribution in [2.45, 2.75) is 66.0 Å². The van der Waals surface area contributed by atoms with Crippen molar-refractivity contribution in [1.29, 1.82) is 0 Å². The molecule has 0 aromatic rings. The van der Waals surface area contributed by atoms with Crippen LogP contribution in [-0.2, 0) is 9.63 Å². The van der Waals surface area contributed by atoms with Gasteiger partial charge in [0.1, 0.15) is 5.78 Å². The van der Waals surface area contributed by atoms with Gasteiger partial charge in [0, 0.05) is 17.5 Å². The van der Waals surface area contributed by atoms with Crippen molar-refractivity contribution >= 4 is 5.78 Å². The topological polar surface area (TPSA) is 29.5 Å². The molecule has 1 rings (SSSR count). The highest BCUT2D eigenvalue weighted by Crippen LogP contribution is 2.49. The number of Topliss-reactive ketones (excluding diaryl/α,β-unsaturated/α-hetero) is 1. The average molecular weight is 255 g/mol. The van der Waals surface area contributed by atoms with Crippen LogP contribution in [0.1, 0.15) is 54.9 Å². The Morgan fingerprint density at radius 1 is 1.11 bits per heavy atom. The molecule has 1 heterocycles. The van der Waals surface area contributed by atoms with Crippen molar-refractivity contribution < 1.29 is 9.63 Å². The molecule has 0 saturated carbocycles. The summed E-state index contributed by atoms with van der Waals surface area (Å²) in [7, 11) is 1.74. The van der Waals surface area contributed by atoms with Crippen LogP contribution in [-0.4, -0.2) is 29.0 Å². The van der Waals surface area contributed by atoms with Crippen molar-refractivity contribution in [2.24, 2.45) is 17.8 Å². The maximum Gasteiger partial charge on any atom is 0.130 e. The molecule has 106 valence electrons. The molecule has 0 N–H and O–H groups in total. The third kappa shape index (κ3) is 2.35. The Morgan fingerprint density at radius 2 is 1.50 bits per heavy atom. The van der Waals surface area contributed by atoms with Crippen LogP contribution in [0.4, 0.5) is 0 Å². The molecule has 2 atom stereocenters. The summed E-state index contributed by atoms with van der Waals surface area (Å²) in [4.78, 5) is 17.2. The number of carbonyl (C=O) groups is 1. The van der Waals surface area contributed by atoms with Gasteiger partial charge in [-0.05, 0) is 52.4 Å². The number of hydroxylamine groups is 2. The van der Waals surface area contributed by atoms with Crippen molar-refractivity contribution in [2.75, 3.05) is 7.11 Å². The van der Waals surface area contributed by atoms with E-state index in [4.69, 9.17) is 4.84 Å². The fourth-order valence-corrected chi connectivity index (χ4v) is 3.75. The predicted octanol–water partition coefficient (Wildman–Crippen LogP) is 3.29. The summed E-state index contributed by atoms with van der Waals surface area (Å²) < 4.78 is 0. The van der Waals surface area contributed by atoms with Gasteiger partial charge in [-0.3, -0.25) is 0 Å². The lowest BCUT2D eigenvalue weighted by Crippen LogP contribution is -2.67. The molecule has 0 radical (unpaired) electrons. The van der Waals surface area contributed by atoms with Gasteiger partial charge >= 0.3 is 0 Å². The first-order valence-corrected chi connectivity index (χ1v) is 6.90. The first-order chi connectivity index (χ1) is 8.06. The molecule has 0 aliphatic carbocycles. The zero-order valence-corrected chi connectivity index (χ0v) is 13.2. The van der Waals surface area contributed by atoms with Gasteiger partial charge in [0.15, 0.2) is 0 Å². The van der Waals surface area contributed by atoms with Crippen molar-refractivity contribution in [1.82, 2.24) is 5.06 Å². The first-order valence-electron chi connectivity index (χ1n) is 6.90. The Hall–Kier alpha value is -0.410. The monoisotopic (exact) mass is 255 g/mol. The molecular formula is C15H29NO2. The maximum absolute atomic E-state index is 11.5. The molecule has 0 aromatic heterocycles. The van der Waals surface area contributed by atoms with Crippen LogP contribution < -0.4 is 0 Å². The minimum Gasteiger partial charge on any atom is -0.301 e. The van der Waals surface area contributed by atoms with Gasteiger partial charge in [-0.15, -0.1) is 0 Å². The Bertz CT molecular complexity index is 300. The van der Waals surface area contributed by atoms with E-state index >= 15 is 0 Å². The number of hydrogen-bond acceptors (Lipinski definition) is 3. The summed E-state index contributed by atoms with van der Waals surface area (Å²) in [6.45, 7) is 15.0. The van der Waals surface area contributed by atoms with Gasteiger partial charge < -0.3 is 9.63 Å². The van der Waals surface area contributed by atoms with Gasteiger partial charge in [0.25, 0.3) is 0 Å². The average Bonchev–Trinajstić information content (AvgIpc) is 2.22. The summed E-state index contributed by atoms with van der Waals surface area (Å²) in [5.74, 6) is 1.55. The van der Waals surface area contributed by atoms with Crippen LogP contribution in [0.25, 0.3) is 0 Å². The summed E-state index contributed by atoms with van der Waals surface area (Å²) >= 11 is 0. The largest absolute Gasteiger partial charge is 0.301 e. The molecule has 0 amide bonds. The minimum atomic E-state index is -0.0646. The number of ketones is 1. The summed E-state index contributed by atoms with van der Waals surface area (Å²) in [5.41, 5.74) is -0.129. The van der Waals surface area contributed by atoms with Crippen molar-refractivity contribution in [3.8, 4) is 0 Å². The van der Waals surface area contributed by atoms with Crippen LogP contribution >= 0.6 is 0 Å². The molecule has 3 heteroatoms. The summed E-state index contributed by atoms with van der Waals surface area (Å²) in [5, 5.41) is 2.12. The lowest BCUT2D eigenvalue weighted by molar-refractivity contribution is -0.302. The third-order valence-electron chi connectivity index (χ3n) is 5.27. The molecule has 18 heavy (non-hydrogen) atoms. The van der Waals surface area contributed by atoms with E-state index in [1.54, 1.807) is 14.0 Å². The van der Waals surface area contributed by atoms with Crippen LogP contribution in [0.5, 0.6) is 0 Å². The van der Waals surface area contributed by atoms with Crippen LogP contribution in [0, 0.1) is 17.8 Å². The number of carbonyl (C=O) groups excluding carboxylic acids is 1. The normalized spacial score (nSPS) is 35.4. The minimum absolute atomic E-state index is 0.0646. The van der Waals surface area contributed by atoms with Gasteiger partial charge in [0.05, 0.1) is 7.11 Å². The number of nitrogens with zero attached hydrogens (tertiary/aromatic N) is 1. The lowest BCUT2D eigenvalue weighted by atomic mass is 9.61. The van der Waals surface area contributed by atoms with Crippen LogP contribution in [0.3, 0.4) is 0 Å². The summed E-state index contributed by atoms with van der Waals surface area (Å²) in [6.07, 6.45) is 0.673. The van der Waals surface area contributed by atoms with Crippen molar-refractivity contribution in [3.05, 3.63) is 0 Å². The quantitative estimate of drug-likeness (QED) is 0.775. The number of rotatable bonds is 3. The Labute approximate surface area is 112 Å². The van der Waals surface area contributed by atoms with E-state index in [1.807, 2.05) is 0 Å². The lowest BCUT2D eigenvalue weighted by Gasteiger charge is -2.60. The van der Waals surface area contributed by atoms with E-state index in [9.17, 15) is 4.79 Å². The van der Waals surface area contributed by atoms with Crippen LogP contribution in [0.15, 0.2) is 0 Å². The molecule has 1 aliphatic heterocycles. The molecule has 1 saturated heterocycles. The molecule has 0 spiro atoms. The van der Waals surface area contributed by atoms with Crippen molar-refractivity contribution in [3.63, 3.8) is 0 Å². The van der Waals surface area contributed by atoms with E-state index in [0.29, 0.717) is 24.2 Å². The first kappa shape index (κ1) is 15.6. The number of piperidine rings is 1. The van der Waals surface area contributed by atoms with Gasteiger partial charge in [-0.25, -0.2) is 0 Å². The highest BCUT2D eigenvalue weighted by molar-refractivity contribution is 5.75. The highest BCUT2D eigenvalue weighted by atomic mass is 16.7. The van der Waals surface area contributed by atoms with Gasteiger partial charge in [-0.2, -0.15) is 5.06 Å². The zero-order valence-electron chi connectivity index (χ0n) is 13.2. The molecule has 0 bridgehead atoms. The predicted molar refractivity (Wildman–Crippen MR) is 74.1 cm³/mol. The smallest absolute Gasteiger partial charge is 0.130 e. The second-order valence-electron chi connectivity index (χ2n) is 6.93. The molecule has 1 aliphatic rings. The molecule has 2 unspecified atom stereocenters. The second kappa shape index (κ2) is 4.93. The van der Waals surface area contributed by atoms with E-state index in [0.717, 1.165) is 0 Å². The van der Waals surface area contributed by atoms with E-state index < -0.39 is 0 Å². The highest BCUT2D eigenvalue weighted by Gasteiger charge is 2.54. The summed E-state index contributed by atoms with van der Waals surface area (Å²) in [6, 6.07) is 0. The van der Waals surface area contributed by atoms with Gasteiger partial charge in [-0.1, -0.05) is 13.8 Å². The maximum atomic E-state index is 11.5. The van der Waals surface area contributed by atoms with E-state index in [2.05, 4.69) is 46.6 Å². The van der Waals surface area contributed by atoms with Crippen LogP contribution in [0.2, 0.25) is 0 Å². The molecular weight excluding hydrogens is 226 g/mol. The number of hydrogen-bond donors (Lipinski definition) is 0. The Balaban J connectivity index is 3.16. The Kier molecular flexibility index (Phi) is 4.29. The Morgan fingerprint density at radius 3 is 1.78 bits per heavy atom. The zero-order chi connectivity index (χ0) is 14.3. The second-order valence-corrected chi connectivity index (χ2v) is 6.93. The fourth-order valence-electron chi connectivity index (χ4n) is 3.75. The molecule has 1 fully saturated rings.